The predicted octanol–water partition coefficient (Wildman–Crippen LogP) is 1.36. The molecule has 0 radical (unpaired) electrons. The summed E-state index contributed by atoms with van der Waals surface area (Å²) in [6.45, 7) is 4.97. The van der Waals surface area contributed by atoms with Crippen molar-refractivity contribution in [2.45, 2.75) is 11.8 Å². The molecule has 1 aromatic carbocycles. The van der Waals surface area contributed by atoms with Crippen LogP contribution in [0.25, 0.3) is 0 Å². The third-order valence-corrected chi connectivity index (χ3v) is 2.68. The van der Waals surface area contributed by atoms with Crippen LogP contribution in [0.15, 0.2) is 41.3 Å². The molecule has 0 heterocycles. The lowest BCUT2D eigenvalue weighted by Gasteiger charge is -2.08. The standard InChI is InChI=1S/C10H11FN2O3S/c1-7(2)10(14)13-12-8-3-5-9(6-4-8)17(11,15)16/h3-6,12H,1H2,2H3,(H,13,14). The Hall–Kier alpha value is -1.89. The molecule has 0 aromatic heterocycles. The summed E-state index contributed by atoms with van der Waals surface area (Å²) < 4.78 is 33.6. The van der Waals surface area contributed by atoms with Crippen LogP contribution in [0.3, 0.4) is 0 Å². The van der Waals surface area contributed by atoms with Gasteiger partial charge in [0.05, 0.1) is 10.6 Å². The van der Waals surface area contributed by atoms with E-state index in [9.17, 15) is 17.1 Å². The van der Waals surface area contributed by atoms with Crippen molar-refractivity contribution in [2.24, 2.45) is 0 Å². The first-order valence-electron chi connectivity index (χ1n) is 4.57. The number of benzene rings is 1. The maximum absolute atomic E-state index is 12.5. The molecule has 0 saturated carbocycles. The number of amides is 1. The molecule has 0 aliphatic rings. The Labute approximate surface area is 98.5 Å². The van der Waals surface area contributed by atoms with Crippen molar-refractivity contribution in [3.8, 4) is 0 Å². The summed E-state index contributed by atoms with van der Waals surface area (Å²) in [7, 11) is -4.69. The van der Waals surface area contributed by atoms with Crippen LogP contribution in [0.5, 0.6) is 0 Å². The molecule has 0 saturated heterocycles. The van der Waals surface area contributed by atoms with Gasteiger partial charge in [-0.3, -0.25) is 15.6 Å². The topological polar surface area (TPSA) is 75.3 Å². The number of hydrazine groups is 1. The normalized spacial score (nSPS) is 10.7. The molecule has 17 heavy (non-hydrogen) atoms. The minimum absolute atomic E-state index is 0.320. The van der Waals surface area contributed by atoms with Gasteiger partial charge in [0.1, 0.15) is 0 Å². The number of nitrogens with one attached hydrogen (secondary N) is 2. The fourth-order valence-corrected chi connectivity index (χ4v) is 1.40. The molecule has 0 atom stereocenters. The maximum Gasteiger partial charge on any atom is 0.332 e. The number of hydrogen-bond donors (Lipinski definition) is 2. The number of carbonyl (C=O) groups excluding carboxylic acids is 1. The Bertz CT molecular complexity index is 537. The van der Waals surface area contributed by atoms with Crippen molar-refractivity contribution < 1.29 is 17.1 Å². The Morgan fingerprint density at radius 3 is 2.24 bits per heavy atom. The predicted molar refractivity (Wildman–Crippen MR) is 61.3 cm³/mol. The van der Waals surface area contributed by atoms with Gasteiger partial charge < -0.3 is 0 Å². The Morgan fingerprint density at radius 2 is 1.82 bits per heavy atom. The smallest absolute Gasteiger partial charge is 0.298 e. The van der Waals surface area contributed by atoms with Gasteiger partial charge in [-0.05, 0) is 31.2 Å². The quantitative estimate of drug-likeness (QED) is 0.486. The zero-order chi connectivity index (χ0) is 13.1. The SMILES string of the molecule is C=C(C)C(=O)NNc1ccc(S(=O)(=O)F)cc1. The molecular weight excluding hydrogens is 247 g/mol. The van der Waals surface area contributed by atoms with E-state index in [1.807, 2.05) is 0 Å². The van der Waals surface area contributed by atoms with Gasteiger partial charge in [0.25, 0.3) is 5.91 Å². The highest BCUT2D eigenvalue weighted by Gasteiger charge is 2.10. The first-order valence-corrected chi connectivity index (χ1v) is 5.95. The van der Waals surface area contributed by atoms with Crippen molar-refractivity contribution in [3.63, 3.8) is 0 Å². The minimum atomic E-state index is -4.69. The molecule has 0 bridgehead atoms. The van der Waals surface area contributed by atoms with Gasteiger partial charge in [0, 0.05) is 5.57 Å². The van der Waals surface area contributed by atoms with Gasteiger partial charge in [-0.2, -0.15) is 8.42 Å². The van der Waals surface area contributed by atoms with Gasteiger partial charge in [-0.1, -0.05) is 6.58 Å². The van der Waals surface area contributed by atoms with E-state index in [0.29, 0.717) is 11.3 Å². The van der Waals surface area contributed by atoms with Crippen molar-refractivity contribution in [3.05, 3.63) is 36.4 Å². The molecule has 5 nitrogen and oxygen atoms in total. The third kappa shape index (κ3) is 3.87. The van der Waals surface area contributed by atoms with Crippen molar-refractivity contribution in [1.82, 2.24) is 5.43 Å². The van der Waals surface area contributed by atoms with E-state index in [4.69, 9.17) is 0 Å². The molecule has 0 aliphatic carbocycles. The summed E-state index contributed by atoms with van der Waals surface area (Å²) >= 11 is 0. The second kappa shape index (κ2) is 4.96. The Morgan fingerprint density at radius 1 is 1.29 bits per heavy atom. The molecule has 0 aliphatic heterocycles. The second-order valence-corrected chi connectivity index (χ2v) is 4.67. The molecular formula is C10H11FN2O3S. The minimum Gasteiger partial charge on any atom is -0.298 e. The van der Waals surface area contributed by atoms with Crippen molar-refractivity contribution in [1.29, 1.82) is 0 Å². The van der Waals surface area contributed by atoms with Crippen LogP contribution in [0.2, 0.25) is 0 Å². The number of rotatable bonds is 4. The van der Waals surface area contributed by atoms with Gasteiger partial charge >= 0.3 is 10.2 Å². The fourth-order valence-electron chi connectivity index (χ4n) is 0.936. The zero-order valence-corrected chi connectivity index (χ0v) is 9.84. The van der Waals surface area contributed by atoms with E-state index in [1.165, 1.54) is 19.1 Å². The summed E-state index contributed by atoms with van der Waals surface area (Å²) in [5.74, 6) is -0.396. The fraction of sp³-hybridized carbons (Fsp3) is 0.100. The lowest BCUT2D eigenvalue weighted by molar-refractivity contribution is -0.116. The molecule has 1 amide bonds. The van der Waals surface area contributed by atoms with E-state index >= 15 is 0 Å². The monoisotopic (exact) mass is 258 g/mol. The van der Waals surface area contributed by atoms with Crippen molar-refractivity contribution in [2.75, 3.05) is 5.43 Å². The summed E-state index contributed by atoms with van der Waals surface area (Å²) in [6, 6.07) is 4.82. The van der Waals surface area contributed by atoms with E-state index < -0.39 is 21.0 Å². The average molecular weight is 258 g/mol. The van der Waals surface area contributed by atoms with Gasteiger partial charge in [0.2, 0.25) is 0 Å². The number of anilines is 1. The third-order valence-electron chi connectivity index (χ3n) is 1.84. The van der Waals surface area contributed by atoms with Gasteiger partial charge in [-0.15, -0.1) is 3.89 Å². The van der Waals surface area contributed by atoms with E-state index in [0.717, 1.165) is 12.1 Å². The van der Waals surface area contributed by atoms with Crippen LogP contribution in [0.1, 0.15) is 6.92 Å². The molecule has 2 N–H and O–H groups in total. The molecule has 7 heteroatoms. The van der Waals surface area contributed by atoms with Crippen LogP contribution in [-0.4, -0.2) is 14.3 Å². The molecule has 1 aromatic rings. The average Bonchev–Trinajstić information content (AvgIpc) is 2.25. The zero-order valence-electron chi connectivity index (χ0n) is 9.03. The van der Waals surface area contributed by atoms with Crippen LogP contribution in [-0.2, 0) is 15.0 Å². The van der Waals surface area contributed by atoms with E-state index in [2.05, 4.69) is 17.4 Å². The largest absolute Gasteiger partial charge is 0.332 e. The summed E-state index contributed by atoms with van der Waals surface area (Å²) in [4.78, 5) is 10.7. The molecule has 0 fully saturated rings. The molecule has 0 unspecified atom stereocenters. The highest BCUT2D eigenvalue weighted by atomic mass is 32.3. The highest BCUT2D eigenvalue weighted by Crippen LogP contribution is 2.15. The van der Waals surface area contributed by atoms with Crippen LogP contribution < -0.4 is 10.9 Å². The molecule has 1 rings (SSSR count). The van der Waals surface area contributed by atoms with E-state index in [1.54, 1.807) is 0 Å². The number of hydrogen-bond acceptors (Lipinski definition) is 4. The highest BCUT2D eigenvalue weighted by molar-refractivity contribution is 7.86. The van der Waals surface area contributed by atoms with Gasteiger partial charge in [-0.25, -0.2) is 0 Å². The summed E-state index contributed by atoms with van der Waals surface area (Å²) in [5, 5.41) is 0. The lowest BCUT2D eigenvalue weighted by Crippen LogP contribution is -2.29. The molecule has 92 valence electrons. The van der Waals surface area contributed by atoms with Gasteiger partial charge in [0.15, 0.2) is 0 Å². The Kier molecular flexibility index (Phi) is 3.84. The summed E-state index contributed by atoms with van der Waals surface area (Å²) in [5.41, 5.74) is 5.59. The Balaban J connectivity index is 2.70. The van der Waals surface area contributed by atoms with Crippen LogP contribution in [0.4, 0.5) is 9.57 Å². The van der Waals surface area contributed by atoms with E-state index in [-0.39, 0.29) is 0 Å². The first kappa shape index (κ1) is 13.2. The molecule has 0 spiro atoms. The first-order chi connectivity index (χ1) is 7.80. The van der Waals surface area contributed by atoms with Crippen molar-refractivity contribution >= 4 is 21.8 Å². The second-order valence-electron chi connectivity index (χ2n) is 3.32. The van der Waals surface area contributed by atoms with Crippen LogP contribution >= 0.6 is 0 Å². The number of halogens is 1. The van der Waals surface area contributed by atoms with Crippen LogP contribution in [0, 0.1) is 0 Å². The summed E-state index contributed by atoms with van der Waals surface area (Å²) in [6.07, 6.45) is 0. The maximum atomic E-state index is 12.5. The lowest BCUT2D eigenvalue weighted by atomic mass is 10.3. The number of carbonyl (C=O) groups is 1.